The molecule has 0 saturated carbocycles. The van der Waals surface area contributed by atoms with E-state index in [0.29, 0.717) is 41.3 Å². The van der Waals surface area contributed by atoms with E-state index in [1.165, 1.54) is 6.07 Å². The molecule has 7 heteroatoms. The highest BCUT2D eigenvalue weighted by atomic mass is 16.7. The minimum Gasteiger partial charge on any atom is -0.454 e. The van der Waals surface area contributed by atoms with E-state index in [1.54, 1.807) is 29.2 Å². The van der Waals surface area contributed by atoms with Crippen molar-refractivity contribution in [3.05, 3.63) is 69.6 Å². The number of amides is 1. The number of piperidine rings is 1. The largest absolute Gasteiger partial charge is 0.454 e. The minimum atomic E-state index is -0.472. The van der Waals surface area contributed by atoms with E-state index in [4.69, 9.17) is 13.9 Å². The van der Waals surface area contributed by atoms with Crippen LogP contribution in [0.3, 0.4) is 0 Å². The normalized spacial score (nSPS) is 17.5. The molecule has 164 valence electrons. The summed E-state index contributed by atoms with van der Waals surface area (Å²) < 4.78 is 16.0. The van der Waals surface area contributed by atoms with Gasteiger partial charge >= 0.3 is 5.63 Å². The second-order valence-corrected chi connectivity index (χ2v) is 8.38. The van der Waals surface area contributed by atoms with Crippen molar-refractivity contribution in [1.29, 1.82) is 0 Å². The summed E-state index contributed by atoms with van der Waals surface area (Å²) in [7, 11) is 0. The number of likely N-dealkylation sites (tertiary alicyclic amines) is 1. The first-order valence-electron chi connectivity index (χ1n) is 10.7. The van der Waals surface area contributed by atoms with Gasteiger partial charge in [-0.25, -0.2) is 4.79 Å². The second-order valence-electron chi connectivity index (χ2n) is 8.38. The number of Topliss-reactive ketones (excluding diaryl/α,β-unsaturated/α-hetero) is 1. The highest BCUT2D eigenvalue weighted by Gasteiger charge is 2.30. The Hall–Kier alpha value is -3.61. The number of benzene rings is 2. The molecule has 5 rings (SSSR count). The number of hydrogen-bond acceptors (Lipinski definition) is 6. The zero-order valence-electron chi connectivity index (χ0n) is 17.8. The lowest BCUT2D eigenvalue weighted by atomic mass is 9.89. The molecule has 2 aromatic carbocycles. The molecule has 0 unspecified atom stereocenters. The molecule has 3 aromatic rings. The van der Waals surface area contributed by atoms with Crippen molar-refractivity contribution in [1.82, 2.24) is 4.90 Å². The van der Waals surface area contributed by atoms with Gasteiger partial charge in [-0.2, -0.15) is 0 Å². The number of ketones is 1. The van der Waals surface area contributed by atoms with Gasteiger partial charge in [-0.05, 0) is 55.2 Å². The SMILES string of the molecule is Cc1ccc2c(CC(=O)N3CCC[C@H](C(=O)c4ccc5c(c4)OCO5)C3)cc(=O)oc2c1. The van der Waals surface area contributed by atoms with Gasteiger partial charge in [0.25, 0.3) is 0 Å². The average molecular weight is 433 g/mol. The molecule has 7 nitrogen and oxygen atoms in total. The maximum absolute atomic E-state index is 13.1. The summed E-state index contributed by atoms with van der Waals surface area (Å²) in [6.45, 7) is 3.04. The first kappa shape index (κ1) is 20.3. The van der Waals surface area contributed by atoms with Gasteiger partial charge in [-0.15, -0.1) is 0 Å². The molecular formula is C25H23NO6. The van der Waals surface area contributed by atoms with Crippen LogP contribution in [-0.2, 0) is 11.2 Å². The Morgan fingerprint density at radius 3 is 2.78 bits per heavy atom. The van der Waals surface area contributed by atoms with Gasteiger partial charge in [0, 0.05) is 36.0 Å². The van der Waals surface area contributed by atoms with E-state index in [9.17, 15) is 14.4 Å². The minimum absolute atomic E-state index is 0.00193. The number of aryl methyl sites for hydroxylation is 1. The molecule has 0 N–H and O–H groups in total. The van der Waals surface area contributed by atoms with Gasteiger partial charge in [0.2, 0.25) is 12.7 Å². The molecule has 0 bridgehead atoms. The summed E-state index contributed by atoms with van der Waals surface area (Å²) in [6, 6.07) is 12.2. The van der Waals surface area contributed by atoms with Gasteiger partial charge < -0.3 is 18.8 Å². The molecule has 1 atom stereocenters. The molecule has 2 aliphatic rings. The van der Waals surface area contributed by atoms with Crippen molar-refractivity contribution >= 4 is 22.7 Å². The van der Waals surface area contributed by atoms with Crippen LogP contribution < -0.4 is 15.1 Å². The van der Waals surface area contributed by atoms with Crippen LogP contribution in [0.15, 0.2) is 51.7 Å². The fraction of sp³-hybridized carbons (Fsp3) is 0.320. The number of nitrogens with zero attached hydrogens (tertiary/aromatic N) is 1. The molecule has 2 aliphatic heterocycles. The lowest BCUT2D eigenvalue weighted by Crippen LogP contribution is -2.43. The quantitative estimate of drug-likeness (QED) is 0.462. The first-order chi connectivity index (χ1) is 15.5. The Labute approximate surface area is 184 Å². The van der Waals surface area contributed by atoms with Crippen LogP contribution in [0.2, 0.25) is 0 Å². The van der Waals surface area contributed by atoms with Gasteiger partial charge in [0.15, 0.2) is 17.3 Å². The Bertz CT molecular complexity index is 1280. The number of ether oxygens (including phenoxy) is 2. The summed E-state index contributed by atoms with van der Waals surface area (Å²) in [6.07, 6.45) is 1.58. The highest BCUT2D eigenvalue weighted by molar-refractivity contribution is 5.99. The molecule has 1 aromatic heterocycles. The van der Waals surface area contributed by atoms with E-state index in [1.807, 2.05) is 19.1 Å². The third-order valence-electron chi connectivity index (χ3n) is 6.13. The summed E-state index contributed by atoms with van der Waals surface area (Å²) in [5, 5.41) is 0.758. The van der Waals surface area contributed by atoms with Gasteiger partial charge in [0.05, 0.1) is 6.42 Å². The predicted molar refractivity (Wildman–Crippen MR) is 117 cm³/mol. The molecule has 0 spiro atoms. The van der Waals surface area contributed by atoms with Crippen LogP contribution in [0.4, 0.5) is 0 Å². The molecule has 1 fully saturated rings. The fourth-order valence-electron chi connectivity index (χ4n) is 4.46. The molecule has 1 amide bonds. The monoisotopic (exact) mass is 433 g/mol. The summed E-state index contributed by atoms with van der Waals surface area (Å²) in [5.74, 6) is 0.845. The van der Waals surface area contributed by atoms with Crippen LogP contribution in [0.25, 0.3) is 11.0 Å². The maximum Gasteiger partial charge on any atom is 0.336 e. The maximum atomic E-state index is 13.1. The van der Waals surface area contributed by atoms with Crippen molar-refractivity contribution in [3.63, 3.8) is 0 Å². The van der Waals surface area contributed by atoms with E-state index in [-0.39, 0.29) is 30.8 Å². The van der Waals surface area contributed by atoms with E-state index in [2.05, 4.69) is 0 Å². The van der Waals surface area contributed by atoms with Crippen LogP contribution in [0.1, 0.15) is 34.3 Å². The predicted octanol–water partition coefficient (Wildman–Crippen LogP) is 3.49. The Kier molecular flexibility index (Phi) is 5.17. The van der Waals surface area contributed by atoms with Crippen LogP contribution in [-0.4, -0.2) is 36.5 Å². The molecule has 0 aliphatic carbocycles. The lowest BCUT2D eigenvalue weighted by Gasteiger charge is -2.32. The van der Waals surface area contributed by atoms with Crippen LogP contribution in [0.5, 0.6) is 11.5 Å². The topological polar surface area (TPSA) is 86.0 Å². The molecule has 0 radical (unpaired) electrons. The van der Waals surface area contributed by atoms with E-state index in [0.717, 1.165) is 23.8 Å². The number of hydrogen-bond donors (Lipinski definition) is 0. The summed E-state index contributed by atoms with van der Waals surface area (Å²) in [4.78, 5) is 39.9. The molecule has 32 heavy (non-hydrogen) atoms. The van der Waals surface area contributed by atoms with Gasteiger partial charge in [-0.3, -0.25) is 9.59 Å². The van der Waals surface area contributed by atoms with Gasteiger partial charge in [0.1, 0.15) is 5.58 Å². The van der Waals surface area contributed by atoms with Crippen molar-refractivity contribution < 1.29 is 23.5 Å². The molecule has 3 heterocycles. The molecular weight excluding hydrogens is 410 g/mol. The number of fused-ring (bicyclic) bond motifs is 2. The smallest absolute Gasteiger partial charge is 0.336 e. The zero-order chi connectivity index (χ0) is 22.2. The van der Waals surface area contributed by atoms with Crippen LogP contribution >= 0.6 is 0 Å². The highest BCUT2D eigenvalue weighted by Crippen LogP contribution is 2.34. The second kappa shape index (κ2) is 8.15. The van der Waals surface area contributed by atoms with Crippen molar-refractivity contribution in [2.75, 3.05) is 19.9 Å². The third-order valence-corrected chi connectivity index (χ3v) is 6.13. The first-order valence-corrected chi connectivity index (χ1v) is 10.7. The third kappa shape index (κ3) is 3.86. The van der Waals surface area contributed by atoms with Gasteiger partial charge in [-0.1, -0.05) is 12.1 Å². The van der Waals surface area contributed by atoms with Crippen molar-refractivity contribution in [2.45, 2.75) is 26.2 Å². The van der Waals surface area contributed by atoms with E-state index >= 15 is 0 Å². The van der Waals surface area contributed by atoms with E-state index < -0.39 is 5.63 Å². The van der Waals surface area contributed by atoms with Crippen molar-refractivity contribution in [3.8, 4) is 11.5 Å². The molecule has 1 saturated heterocycles. The lowest BCUT2D eigenvalue weighted by molar-refractivity contribution is -0.131. The Balaban J connectivity index is 1.32. The average Bonchev–Trinajstić information content (AvgIpc) is 3.26. The van der Waals surface area contributed by atoms with Crippen LogP contribution in [0, 0.1) is 12.8 Å². The van der Waals surface area contributed by atoms with Crippen molar-refractivity contribution in [2.24, 2.45) is 5.92 Å². The Morgan fingerprint density at radius 1 is 1.06 bits per heavy atom. The standard InChI is InChI=1S/C25H23NO6/c1-15-4-6-19-18(12-24(28)32-21(19)9-15)11-23(27)26-8-2-3-17(13-26)25(29)16-5-7-20-22(10-16)31-14-30-20/h4-7,9-10,12,17H,2-3,8,11,13-14H2,1H3/t17-/m0/s1. The number of rotatable bonds is 4. The zero-order valence-corrected chi connectivity index (χ0v) is 17.8. The Morgan fingerprint density at radius 2 is 1.91 bits per heavy atom. The number of carbonyl (C=O) groups is 2. The number of carbonyl (C=O) groups excluding carboxylic acids is 2. The summed E-state index contributed by atoms with van der Waals surface area (Å²) >= 11 is 0. The summed E-state index contributed by atoms with van der Waals surface area (Å²) in [5.41, 5.74) is 2.20. The fourth-order valence-corrected chi connectivity index (χ4v) is 4.46.